The molecule has 0 bridgehead atoms. The van der Waals surface area contributed by atoms with Crippen LogP contribution in [0.5, 0.6) is 46.3 Å². The van der Waals surface area contributed by atoms with Gasteiger partial charge in [-0.15, -0.1) is 0 Å². The number of hydrogen-bond donors (Lipinski definition) is 1. The van der Waals surface area contributed by atoms with Crippen LogP contribution in [0.25, 0.3) is 44.5 Å². The second kappa shape index (κ2) is 30.7. The number of ether oxygens (including phenoxy) is 4. The molecule has 87 heavy (non-hydrogen) atoms. The van der Waals surface area contributed by atoms with Crippen molar-refractivity contribution in [3.05, 3.63) is 313 Å². The Labute approximate surface area is 509 Å². The lowest BCUT2D eigenvalue weighted by molar-refractivity contribution is 0.442. The lowest BCUT2D eigenvalue weighted by atomic mass is 9.97. The number of nitrogens with zero attached hydrogens (tertiary/aromatic N) is 3. The molecule has 0 atom stereocenters. The van der Waals surface area contributed by atoms with E-state index in [2.05, 4.69) is 122 Å². The number of nitrogen functional groups attached to an aromatic ring is 1. The summed E-state index contributed by atoms with van der Waals surface area (Å²) in [6.45, 7) is 10.5. The van der Waals surface area contributed by atoms with Gasteiger partial charge in [-0.3, -0.25) is 4.98 Å². The number of benzene rings is 9. The first-order chi connectivity index (χ1) is 42.5. The molecule has 3 aromatic heterocycles. The van der Waals surface area contributed by atoms with Crippen LogP contribution in [0.2, 0.25) is 0 Å². The number of rotatable bonds is 15. The lowest BCUT2D eigenvalue weighted by Gasteiger charge is -2.11. The third-order valence-electron chi connectivity index (χ3n) is 14.1. The first-order valence-corrected chi connectivity index (χ1v) is 28.9. The Hall–Kier alpha value is -10.7. The number of halogens is 2. The molecule has 0 aliphatic carbocycles. The maximum Gasteiger partial charge on any atom is 0.219 e. The van der Waals surface area contributed by atoms with Gasteiger partial charge in [0.15, 0.2) is 23.1 Å². The SMILES string of the molecule is CCc1ccc(Oc2ccc(-c3ccccc3)cc2)c(F)c1.CCc1ccc(Oc2ccc(-c3ccccc3)cc2)nc1.CCc1ccc(Oc2ccc(-c3ccccc3C)c(C)c2)nc1.Nc1ccc(Oc2ccc(-c3ccncc3)cc2)c(F)c1. The van der Waals surface area contributed by atoms with Crippen LogP contribution < -0.4 is 24.7 Å². The van der Waals surface area contributed by atoms with Gasteiger partial charge >= 0.3 is 0 Å². The molecule has 12 rings (SSSR count). The highest BCUT2D eigenvalue weighted by Crippen LogP contribution is 2.33. The van der Waals surface area contributed by atoms with Crippen molar-refractivity contribution in [2.75, 3.05) is 5.73 Å². The summed E-state index contributed by atoms with van der Waals surface area (Å²) < 4.78 is 50.4. The maximum absolute atomic E-state index is 13.9. The molecule has 12 aromatic rings. The van der Waals surface area contributed by atoms with E-state index in [1.165, 1.54) is 62.7 Å². The van der Waals surface area contributed by atoms with Gasteiger partial charge in [-0.05, 0) is 190 Å². The number of pyridine rings is 3. The minimum Gasteiger partial charge on any atom is -0.454 e. The molecule has 8 nitrogen and oxygen atoms in total. The molecule has 10 heteroatoms. The summed E-state index contributed by atoms with van der Waals surface area (Å²) in [6, 6.07) is 79.4. The van der Waals surface area contributed by atoms with Gasteiger partial charge in [-0.1, -0.05) is 166 Å². The summed E-state index contributed by atoms with van der Waals surface area (Å²) in [6.07, 6.45) is 9.98. The van der Waals surface area contributed by atoms with E-state index in [1.807, 2.05) is 147 Å². The fourth-order valence-corrected chi connectivity index (χ4v) is 9.13. The van der Waals surface area contributed by atoms with Crippen molar-refractivity contribution < 1.29 is 27.7 Å². The number of anilines is 1. The molecule has 0 spiro atoms. The standard InChI is InChI=1S/C21H21NO.C20H17FO.C19H17NO.C17H13FN2O/c1-4-17-9-12-21(22-14-17)23-18-10-11-20(16(3)13-18)19-8-6-5-7-15(19)2;1-2-15-8-13-20(19(21)14-15)22-18-11-9-17(10-12-18)16-6-4-3-5-7-16;1-2-15-8-13-19(20-14-15)21-18-11-9-17(10-12-18)16-6-4-3-5-7-16;18-16-11-14(19)3-6-17(16)21-15-4-1-12(2-5-15)13-7-9-20-10-8-13/h5-14H,4H2,1-3H3;3-14H,2H2,1H3;3-14H,2H2,1H3;1-11H,19H2. The van der Waals surface area contributed by atoms with Gasteiger partial charge in [-0.2, -0.15) is 0 Å². The summed E-state index contributed by atoms with van der Waals surface area (Å²) in [4.78, 5) is 12.6. The predicted molar refractivity (Wildman–Crippen MR) is 349 cm³/mol. The summed E-state index contributed by atoms with van der Waals surface area (Å²) in [5, 5.41) is 0. The van der Waals surface area contributed by atoms with Crippen LogP contribution in [0.4, 0.5) is 14.5 Å². The molecule has 3 heterocycles. The van der Waals surface area contributed by atoms with Crippen molar-refractivity contribution in [2.24, 2.45) is 0 Å². The average Bonchev–Trinajstić information content (AvgIpc) is 3.63. The number of nitrogens with two attached hydrogens (primary N) is 1. The highest BCUT2D eigenvalue weighted by molar-refractivity contribution is 5.71. The zero-order chi connectivity index (χ0) is 60.7. The van der Waals surface area contributed by atoms with Crippen LogP contribution in [0.15, 0.2) is 274 Å². The Morgan fingerprint density at radius 3 is 1.20 bits per heavy atom. The number of aryl methyl sites for hydroxylation is 5. The van der Waals surface area contributed by atoms with Crippen LogP contribution in [0.3, 0.4) is 0 Å². The topological polar surface area (TPSA) is 102 Å². The van der Waals surface area contributed by atoms with Gasteiger partial charge in [0.2, 0.25) is 11.8 Å². The Balaban J connectivity index is 0.000000138. The van der Waals surface area contributed by atoms with E-state index in [0.717, 1.165) is 58.6 Å². The van der Waals surface area contributed by atoms with E-state index in [-0.39, 0.29) is 17.3 Å². The minimum atomic E-state index is -0.479. The monoisotopic (exact) mass is 1150 g/mol. The van der Waals surface area contributed by atoms with E-state index in [1.54, 1.807) is 36.7 Å². The molecule has 0 fully saturated rings. The van der Waals surface area contributed by atoms with Crippen molar-refractivity contribution in [1.29, 1.82) is 0 Å². The largest absolute Gasteiger partial charge is 0.454 e. The molecular formula is C77H68F2N4O4. The van der Waals surface area contributed by atoms with Gasteiger partial charge in [0, 0.05) is 48.7 Å². The third kappa shape index (κ3) is 17.7. The van der Waals surface area contributed by atoms with Crippen LogP contribution >= 0.6 is 0 Å². The highest BCUT2D eigenvalue weighted by Gasteiger charge is 2.10. The summed E-state index contributed by atoms with van der Waals surface area (Å²) in [7, 11) is 0. The Bertz CT molecular complexity index is 4060. The fourth-order valence-electron chi connectivity index (χ4n) is 9.13. The van der Waals surface area contributed by atoms with Crippen LogP contribution in [0, 0.1) is 25.5 Å². The zero-order valence-electron chi connectivity index (χ0n) is 49.4. The molecule has 0 saturated heterocycles. The zero-order valence-corrected chi connectivity index (χ0v) is 49.4. The predicted octanol–water partition coefficient (Wildman–Crippen LogP) is 20.9. The van der Waals surface area contributed by atoms with Gasteiger partial charge in [0.05, 0.1) is 0 Å². The van der Waals surface area contributed by atoms with Crippen LogP contribution in [0.1, 0.15) is 48.6 Å². The molecule has 2 N–H and O–H groups in total. The van der Waals surface area contributed by atoms with Crippen LogP contribution in [-0.4, -0.2) is 15.0 Å². The van der Waals surface area contributed by atoms with Crippen LogP contribution in [-0.2, 0) is 19.3 Å². The van der Waals surface area contributed by atoms with Crippen molar-refractivity contribution >= 4 is 5.69 Å². The second-order valence-electron chi connectivity index (χ2n) is 20.3. The molecule has 0 radical (unpaired) electrons. The van der Waals surface area contributed by atoms with Gasteiger partial charge < -0.3 is 24.7 Å². The first-order valence-electron chi connectivity index (χ1n) is 28.9. The lowest BCUT2D eigenvalue weighted by Crippen LogP contribution is -1.91. The Morgan fingerprint density at radius 1 is 0.345 bits per heavy atom. The molecule has 0 amide bonds. The van der Waals surface area contributed by atoms with E-state index in [9.17, 15) is 8.78 Å². The minimum absolute atomic E-state index is 0.154. The molecule has 0 saturated carbocycles. The van der Waals surface area contributed by atoms with Gasteiger partial charge in [0.1, 0.15) is 23.0 Å². The van der Waals surface area contributed by atoms with Crippen molar-refractivity contribution in [1.82, 2.24) is 15.0 Å². The quantitative estimate of drug-likeness (QED) is 0.101. The summed E-state index contributed by atoms with van der Waals surface area (Å²) >= 11 is 0. The van der Waals surface area contributed by atoms with Crippen molar-refractivity contribution in [2.45, 2.75) is 53.9 Å². The Morgan fingerprint density at radius 2 is 0.747 bits per heavy atom. The van der Waals surface area contributed by atoms with Crippen molar-refractivity contribution in [3.63, 3.8) is 0 Å². The second-order valence-corrected chi connectivity index (χ2v) is 20.3. The third-order valence-corrected chi connectivity index (χ3v) is 14.1. The van der Waals surface area contributed by atoms with E-state index in [0.29, 0.717) is 28.9 Å². The summed E-state index contributed by atoms with van der Waals surface area (Å²) in [5.41, 5.74) is 21.0. The molecule has 0 aliphatic heterocycles. The molecule has 0 unspecified atom stereocenters. The molecule has 9 aromatic carbocycles. The van der Waals surface area contributed by atoms with Crippen molar-refractivity contribution in [3.8, 4) is 90.8 Å². The number of aromatic nitrogens is 3. The maximum atomic E-state index is 13.9. The molecular weight excluding hydrogens is 1080 g/mol. The first kappa shape index (κ1) is 60.9. The molecule has 434 valence electrons. The van der Waals surface area contributed by atoms with E-state index >= 15 is 0 Å². The fraction of sp³-hybridized carbons (Fsp3) is 0.104. The Kier molecular flexibility index (Phi) is 21.5. The summed E-state index contributed by atoms with van der Waals surface area (Å²) in [5.74, 6) is 3.66. The van der Waals surface area contributed by atoms with E-state index in [4.69, 9.17) is 24.7 Å². The van der Waals surface area contributed by atoms with Gasteiger partial charge in [0.25, 0.3) is 0 Å². The van der Waals surface area contributed by atoms with Gasteiger partial charge in [-0.25, -0.2) is 18.7 Å². The normalized spacial score (nSPS) is 10.4. The average molecular weight is 1150 g/mol. The molecule has 0 aliphatic rings. The highest BCUT2D eigenvalue weighted by atomic mass is 19.1. The number of hydrogen-bond acceptors (Lipinski definition) is 8. The van der Waals surface area contributed by atoms with E-state index < -0.39 is 5.82 Å². The smallest absolute Gasteiger partial charge is 0.219 e.